The summed E-state index contributed by atoms with van der Waals surface area (Å²) in [5, 5.41) is 0. The molecule has 106 valence electrons. The van der Waals surface area contributed by atoms with Crippen molar-refractivity contribution in [1.82, 2.24) is 0 Å². The van der Waals surface area contributed by atoms with Crippen molar-refractivity contribution in [3.8, 4) is 5.75 Å². The number of benzene rings is 2. The van der Waals surface area contributed by atoms with Crippen LogP contribution in [0.3, 0.4) is 0 Å². The second-order valence-corrected chi connectivity index (χ2v) is 7.02. The van der Waals surface area contributed by atoms with E-state index in [0.29, 0.717) is 6.61 Å². The van der Waals surface area contributed by atoms with Crippen molar-refractivity contribution < 1.29 is 4.74 Å². The van der Waals surface area contributed by atoms with E-state index in [0.717, 1.165) is 14.7 Å². The van der Waals surface area contributed by atoms with Gasteiger partial charge < -0.3 is 4.74 Å². The molecule has 0 aromatic heterocycles. The largest absolute Gasteiger partial charge is 0.494 e. The first-order valence-corrected chi connectivity index (χ1v) is 8.86. The van der Waals surface area contributed by atoms with E-state index in [1.807, 2.05) is 19.1 Å². The van der Waals surface area contributed by atoms with Crippen LogP contribution in [0, 0.1) is 6.92 Å². The number of ether oxygens (including phenoxy) is 1. The number of rotatable bonds is 4. The predicted octanol–water partition coefficient (Wildman–Crippen LogP) is 6.40. The smallest absolute Gasteiger partial charge is 0.120 e. The molecule has 0 bridgehead atoms. The lowest BCUT2D eigenvalue weighted by molar-refractivity contribution is 0.340. The molecule has 2 aromatic rings. The molecule has 1 nitrogen and oxygen atoms in total. The van der Waals surface area contributed by atoms with Gasteiger partial charge in [0.2, 0.25) is 0 Å². The van der Waals surface area contributed by atoms with E-state index >= 15 is 0 Å². The van der Waals surface area contributed by atoms with Crippen LogP contribution in [0.25, 0.3) is 0 Å². The van der Waals surface area contributed by atoms with Crippen LogP contribution in [-0.4, -0.2) is 6.61 Å². The number of alkyl halides is 1. The van der Waals surface area contributed by atoms with E-state index in [9.17, 15) is 0 Å². The van der Waals surface area contributed by atoms with Crippen LogP contribution in [0.5, 0.6) is 5.75 Å². The summed E-state index contributed by atoms with van der Waals surface area (Å²) in [6.45, 7) is 4.76. The summed E-state index contributed by atoms with van der Waals surface area (Å²) in [5.41, 5.74) is 3.63. The molecule has 2 aromatic carbocycles. The minimum atomic E-state index is 0.127. The zero-order valence-electron chi connectivity index (χ0n) is 11.3. The molecule has 0 aliphatic heterocycles. The quantitative estimate of drug-likeness (QED) is 0.477. The second kappa shape index (κ2) is 7.10. The minimum Gasteiger partial charge on any atom is -0.494 e. The fourth-order valence-electron chi connectivity index (χ4n) is 2.00. The molecule has 0 saturated heterocycles. The molecule has 1 unspecified atom stereocenters. The average Bonchev–Trinajstić information content (AvgIpc) is 2.42. The van der Waals surface area contributed by atoms with Gasteiger partial charge in [-0.3, -0.25) is 0 Å². The van der Waals surface area contributed by atoms with Crippen molar-refractivity contribution in [2.24, 2.45) is 0 Å². The number of aryl methyl sites for hydroxylation is 1. The molecule has 0 saturated carbocycles. The van der Waals surface area contributed by atoms with Crippen molar-refractivity contribution in [2.75, 3.05) is 6.61 Å². The molecule has 0 fully saturated rings. The fourth-order valence-corrected chi connectivity index (χ4v) is 4.48. The van der Waals surface area contributed by atoms with E-state index in [-0.39, 0.29) is 4.83 Å². The van der Waals surface area contributed by atoms with Crippen molar-refractivity contribution in [3.63, 3.8) is 0 Å². The first kappa shape index (κ1) is 16.1. The molecule has 0 spiro atoms. The molecule has 0 amide bonds. The summed E-state index contributed by atoms with van der Waals surface area (Å²) in [6, 6.07) is 12.4. The van der Waals surface area contributed by atoms with Crippen molar-refractivity contribution in [2.45, 2.75) is 18.7 Å². The highest BCUT2D eigenvalue weighted by atomic mass is 79.9. The topological polar surface area (TPSA) is 9.23 Å². The Morgan fingerprint density at radius 3 is 2.50 bits per heavy atom. The van der Waals surface area contributed by atoms with Crippen LogP contribution in [0.4, 0.5) is 0 Å². The molecule has 1 atom stereocenters. The van der Waals surface area contributed by atoms with Crippen molar-refractivity contribution in [1.29, 1.82) is 0 Å². The van der Waals surface area contributed by atoms with Crippen LogP contribution in [0.2, 0.25) is 0 Å². The predicted molar refractivity (Wildman–Crippen MR) is 95.0 cm³/mol. The van der Waals surface area contributed by atoms with Gasteiger partial charge in [-0.15, -0.1) is 0 Å². The zero-order chi connectivity index (χ0) is 14.7. The Balaban J connectivity index is 2.38. The Kier molecular flexibility index (Phi) is 5.70. The van der Waals surface area contributed by atoms with Crippen LogP contribution in [0.15, 0.2) is 45.3 Å². The van der Waals surface area contributed by atoms with E-state index in [1.54, 1.807) is 0 Å². The maximum Gasteiger partial charge on any atom is 0.120 e. The maximum absolute atomic E-state index is 5.52. The average molecular weight is 463 g/mol. The zero-order valence-corrected chi connectivity index (χ0v) is 16.0. The van der Waals surface area contributed by atoms with Gasteiger partial charge in [-0.1, -0.05) is 72.1 Å². The second-order valence-electron chi connectivity index (χ2n) is 4.46. The normalized spacial score (nSPS) is 12.2. The fraction of sp³-hybridized carbons (Fsp3) is 0.250. The molecule has 0 N–H and O–H groups in total. The SMILES string of the molecule is CCOc1ccc(C(Br)c2cccc(C)c2Br)c(Br)c1. The van der Waals surface area contributed by atoms with Gasteiger partial charge >= 0.3 is 0 Å². The van der Waals surface area contributed by atoms with Crippen LogP contribution >= 0.6 is 47.8 Å². The Hall–Kier alpha value is -0.320. The molecule has 0 aliphatic rings. The van der Waals surface area contributed by atoms with Crippen LogP contribution in [0.1, 0.15) is 28.4 Å². The Morgan fingerprint density at radius 2 is 1.85 bits per heavy atom. The van der Waals surface area contributed by atoms with Crippen LogP contribution in [-0.2, 0) is 0 Å². The molecule has 20 heavy (non-hydrogen) atoms. The highest BCUT2D eigenvalue weighted by molar-refractivity contribution is 9.11. The minimum absolute atomic E-state index is 0.127. The van der Waals surface area contributed by atoms with Crippen molar-refractivity contribution >= 4 is 47.8 Å². The summed E-state index contributed by atoms with van der Waals surface area (Å²) in [7, 11) is 0. The highest BCUT2D eigenvalue weighted by Crippen LogP contribution is 2.40. The van der Waals surface area contributed by atoms with Gasteiger partial charge in [0.1, 0.15) is 5.75 Å². The highest BCUT2D eigenvalue weighted by Gasteiger charge is 2.17. The lowest BCUT2D eigenvalue weighted by atomic mass is 10.0. The monoisotopic (exact) mass is 460 g/mol. The third-order valence-electron chi connectivity index (χ3n) is 3.05. The van der Waals surface area contributed by atoms with E-state index in [2.05, 4.69) is 79.0 Å². The summed E-state index contributed by atoms with van der Waals surface area (Å²) in [6.07, 6.45) is 0. The summed E-state index contributed by atoms with van der Waals surface area (Å²) >= 11 is 11.1. The Labute approximate surface area is 145 Å². The summed E-state index contributed by atoms with van der Waals surface area (Å²) in [4.78, 5) is 0.127. The lowest BCUT2D eigenvalue weighted by Crippen LogP contribution is -1.98. The third kappa shape index (κ3) is 3.46. The Morgan fingerprint density at radius 1 is 1.10 bits per heavy atom. The molecule has 2 rings (SSSR count). The van der Waals surface area contributed by atoms with Gasteiger partial charge in [0.25, 0.3) is 0 Å². The van der Waals surface area contributed by atoms with Crippen molar-refractivity contribution in [3.05, 3.63) is 62.0 Å². The summed E-state index contributed by atoms with van der Waals surface area (Å²) < 4.78 is 7.70. The van der Waals surface area contributed by atoms with E-state index in [1.165, 1.54) is 16.7 Å². The molecule has 0 aliphatic carbocycles. The molecule has 4 heteroatoms. The lowest BCUT2D eigenvalue weighted by Gasteiger charge is -2.16. The first-order valence-electron chi connectivity index (χ1n) is 6.36. The third-order valence-corrected chi connectivity index (χ3v) is 5.81. The number of hydrogen-bond donors (Lipinski definition) is 0. The molecular weight excluding hydrogens is 448 g/mol. The molecule has 0 radical (unpaired) electrons. The van der Waals surface area contributed by atoms with Gasteiger partial charge in [0, 0.05) is 8.95 Å². The Bertz CT molecular complexity index is 611. The van der Waals surface area contributed by atoms with Gasteiger partial charge in [-0.05, 0) is 42.7 Å². The number of hydrogen-bond acceptors (Lipinski definition) is 1. The summed E-state index contributed by atoms with van der Waals surface area (Å²) in [5.74, 6) is 0.881. The first-order chi connectivity index (χ1) is 9.54. The molecular formula is C16H15Br3O. The van der Waals surface area contributed by atoms with Gasteiger partial charge in [0.15, 0.2) is 0 Å². The van der Waals surface area contributed by atoms with Gasteiger partial charge in [0.05, 0.1) is 11.4 Å². The van der Waals surface area contributed by atoms with Gasteiger partial charge in [-0.2, -0.15) is 0 Å². The standard InChI is InChI=1S/C16H15Br3O/c1-3-20-11-7-8-12(14(17)9-11)16(19)13-6-4-5-10(2)15(13)18/h4-9,16H,3H2,1-2H3. The molecule has 0 heterocycles. The van der Waals surface area contributed by atoms with Crippen LogP contribution < -0.4 is 4.74 Å². The number of halogens is 3. The van der Waals surface area contributed by atoms with Gasteiger partial charge in [-0.25, -0.2) is 0 Å². The van der Waals surface area contributed by atoms with E-state index < -0.39 is 0 Å². The maximum atomic E-state index is 5.52. The van der Waals surface area contributed by atoms with E-state index in [4.69, 9.17) is 4.74 Å².